The van der Waals surface area contributed by atoms with E-state index in [9.17, 15) is 4.79 Å². The Morgan fingerprint density at radius 1 is 1.26 bits per heavy atom. The number of carbonyl (C=O) groups is 1. The van der Waals surface area contributed by atoms with Gasteiger partial charge in [0.25, 0.3) is 0 Å². The molecule has 4 rings (SSSR count). The van der Waals surface area contributed by atoms with Crippen molar-refractivity contribution in [3.05, 3.63) is 59.9 Å². The third kappa shape index (κ3) is 5.06. The quantitative estimate of drug-likeness (QED) is 0.611. The molecule has 1 atom stereocenters. The van der Waals surface area contributed by atoms with Crippen molar-refractivity contribution >= 4 is 11.6 Å². The molecule has 0 aliphatic carbocycles. The molecule has 1 aliphatic rings. The molecule has 0 fully saturated rings. The summed E-state index contributed by atoms with van der Waals surface area (Å²) in [6, 6.07) is 11.9. The maximum atomic E-state index is 13.0. The third-order valence-corrected chi connectivity index (χ3v) is 5.36. The van der Waals surface area contributed by atoms with Crippen LogP contribution in [0.5, 0.6) is 11.5 Å². The van der Waals surface area contributed by atoms with Crippen molar-refractivity contribution in [2.75, 3.05) is 39.2 Å². The fourth-order valence-corrected chi connectivity index (χ4v) is 3.60. The molecular weight excluding hydrogens is 392 g/mol. The zero-order valence-corrected chi connectivity index (χ0v) is 18.1. The third-order valence-electron chi connectivity index (χ3n) is 5.36. The van der Waals surface area contributed by atoms with Gasteiger partial charge in [-0.25, -0.2) is 0 Å². The minimum Gasteiger partial charge on any atom is -0.492 e. The van der Waals surface area contributed by atoms with E-state index in [2.05, 4.69) is 26.5 Å². The Bertz CT molecular complexity index is 1050. The highest BCUT2D eigenvalue weighted by Crippen LogP contribution is 2.33. The Labute approximate surface area is 182 Å². The van der Waals surface area contributed by atoms with E-state index in [-0.39, 0.29) is 11.8 Å². The van der Waals surface area contributed by atoms with Gasteiger partial charge in [0.2, 0.25) is 5.91 Å². The number of carbonyl (C=O) groups excluding carboxylic acids is 1. The first kappa shape index (κ1) is 20.9. The molecule has 1 aliphatic heterocycles. The van der Waals surface area contributed by atoms with E-state index in [4.69, 9.17) is 9.47 Å². The number of aromatic amines is 1. The average molecular weight is 421 g/mol. The number of hydrogen-bond acceptors (Lipinski definition) is 5. The Hall–Kier alpha value is -3.32. The highest BCUT2D eigenvalue weighted by molar-refractivity contribution is 5.95. The van der Waals surface area contributed by atoms with Crippen LogP contribution in [0.1, 0.15) is 11.1 Å². The molecule has 1 unspecified atom stereocenters. The molecule has 0 bridgehead atoms. The highest BCUT2D eigenvalue weighted by atomic mass is 16.5. The highest BCUT2D eigenvalue weighted by Gasteiger charge is 2.27. The van der Waals surface area contributed by atoms with Crippen LogP contribution in [0.25, 0.3) is 11.1 Å². The second kappa shape index (κ2) is 9.22. The van der Waals surface area contributed by atoms with Crippen LogP contribution in [0.4, 0.5) is 5.69 Å². The second-order valence-electron chi connectivity index (χ2n) is 8.16. The van der Waals surface area contributed by atoms with Crippen LogP contribution < -0.4 is 14.8 Å². The topological polar surface area (TPSA) is 79.5 Å². The number of H-pyrrole nitrogens is 1. The summed E-state index contributed by atoms with van der Waals surface area (Å²) in [5.41, 5.74) is 4.82. The number of ether oxygens (including phenoxy) is 2. The Kier molecular flexibility index (Phi) is 6.23. The molecule has 2 N–H and O–H groups in total. The molecule has 7 nitrogen and oxygen atoms in total. The minimum atomic E-state index is -0.252. The molecule has 0 spiro atoms. The number of benzene rings is 2. The van der Waals surface area contributed by atoms with Crippen molar-refractivity contribution in [2.24, 2.45) is 5.92 Å². The summed E-state index contributed by atoms with van der Waals surface area (Å²) in [7, 11) is 3.99. The Balaban J connectivity index is 1.51. The standard InChI is InChI=1S/C24H28N4O3/c1-16-4-7-22-18(10-16)11-19(15-31-22)24(29)27-21-6-5-17(20-13-25-26-14-20)12-23(21)30-9-8-28(2)3/h4-7,10,12-14,19H,8-9,11,15H2,1-3H3,(H,25,26)(H,27,29). The average Bonchev–Trinajstić information content (AvgIpc) is 3.29. The molecule has 0 radical (unpaired) electrons. The number of hydrogen-bond donors (Lipinski definition) is 2. The molecule has 0 saturated heterocycles. The molecule has 2 heterocycles. The van der Waals surface area contributed by atoms with Crippen molar-refractivity contribution in [2.45, 2.75) is 13.3 Å². The molecule has 31 heavy (non-hydrogen) atoms. The number of anilines is 1. The fourth-order valence-electron chi connectivity index (χ4n) is 3.60. The number of fused-ring (bicyclic) bond motifs is 1. The summed E-state index contributed by atoms with van der Waals surface area (Å²) >= 11 is 0. The van der Waals surface area contributed by atoms with Crippen molar-refractivity contribution in [1.82, 2.24) is 15.1 Å². The number of likely N-dealkylation sites (N-methyl/N-ethyl adjacent to an activating group) is 1. The number of nitrogens with zero attached hydrogens (tertiary/aromatic N) is 2. The lowest BCUT2D eigenvalue weighted by Crippen LogP contribution is -2.32. The summed E-state index contributed by atoms with van der Waals surface area (Å²) in [6.07, 6.45) is 4.25. The first-order chi connectivity index (χ1) is 15.0. The fraction of sp³-hybridized carbons (Fsp3) is 0.333. The number of rotatable bonds is 7. The molecule has 2 aromatic carbocycles. The van der Waals surface area contributed by atoms with Gasteiger partial charge in [-0.1, -0.05) is 23.8 Å². The lowest BCUT2D eigenvalue weighted by atomic mass is 9.94. The predicted molar refractivity (Wildman–Crippen MR) is 121 cm³/mol. The van der Waals surface area contributed by atoms with Crippen molar-refractivity contribution in [3.63, 3.8) is 0 Å². The van der Waals surface area contributed by atoms with Crippen molar-refractivity contribution < 1.29 is 14.3 Å². The van der Waals surface area contributed by atoms with Crippen LogP contribution in [-0.2, 0) is 11.2 Å². The van der Waals surface area contributed by atoms with Crippen LogP contribution in [-0.4, -0.2) is 54.9 Å². The predicted octanol–water partition coefficient (Wildman–Crippen LogP) is 3.52. The zero-order chi connectivity index (χ0) is 21.8. The van der Waals surface area contributed by atoms with Crippen molar-refractivity contribution in [3.8, 4) is 22.6 Å². The first-order valence-electron chi connectivity index (χ1n) is 10.4. The number of nitrogens with one attached hydrogen (secondary N) is 2. The van der Waals surface area contributed by atoms with E-state index in [1.54, 1.807) is 6.20 Å². The van der Waals surface area contributed by atoms with E-state index < -0.39 is 0 Å². The molecule has 3 aromatic rings. The molecular formula is C24H28N4O3. The maximum Gasteiger partial charge on any atom is 0.231 e. The number of amides is 1. The largest absolute Gasteiger partial charge is 0.492 e. The van der Waals surface area contributed by atoms with Gasteiger partial charge in [0.05, 0.1) is 17.8 Å². The van der Waals surface area contributed by atoms with Gasteiger partial charge in [0.15, 0.2) is 0 Å². The summed E-state index contributed by atoms with van der Waals surface area (Å²) in [4.78, 5) is 15.1. The van der Waals surface area contributed by atoms with Gasteiger partial charge in [0.1, 0.15) is 24.7 Å². The van der Waals surface area contributed by atoms with Crippen LogP contribution in [0.15, 0.2) is 48.8 Å². The van der Waals surface area contributed by atoms with Crippen LogP contribution in [0.3, 0.4) is 0 Å². The normalized spacial score (nSPS) is 15.3. The van der Waals surface area contributed by atoms with E-state index in [1.807, 2.05) is 57.5 Å². The van der Waals surface area contributed by atoms with Crippen LogP contribution in [0, 0.1) is 12.8 Å². The summed E-state index contributed by atoms with van der Waals surface area (Å²) in [5.74, 6) is 1.19. The van der Waals surface area contributed by atoms with Crippen LogP contribution >= 0.6 is 0 Å². The van der Waals surface area contributed by atoms with Gasteiger partial charge in [0, 0.05) is 18.3 Å². The van der Waals surface area contributed by atoms with Crippen LogP contribution in [0.2, 0.25) is 0 Å². The van der Waals surface area contributed by atoms with Gasteiger partial charge in [-0.15, -0.1) is 0 Å². The number of aryl methyl sites for hydroxylation is 1. The molecule has 7 heteroatoms. The number of aromatic nitrogens is 2. The minimum absolute atomic E-state index is 0.0688. The first-order valence-corrected chi connectivity index (χ1v) is 10.4. The Morgan fingerprint density at radius 2 is 2.13 bits per heavy atom. The second-order valence-corrected chi connectivity index (χ2v) is 8.16. The smallest absolute Gasteiger partial charge is 0.231 e. The van der Waals surface area contributed by atoms with Gasteiger partial charge in [-0.3, -0.25) is 9.89 Å². The lowest BCUT2D eigenvalue weighted by molar-refractivity contribution is -0.121. The van der Waals surface area contributed by atoms with E-state index in [1.165, 1.54) is 0 Å². The molecule has 0 saturated carbocycles. The monoisotopic (exact) mass is 420 g/mol. The lowest BCUT2D eigenvalue weighted by Gasteiger charge is -2.25. The van der Waals surface area contributed by atoms with Gasteiger partial charge in [-0.05, 0) is 56.8 Å². The summed E-state index contributed by atoms with van der Waals surface area (Å²) in [5, 5.41) is 9.90. The molecule has 1 amide bonds. The van der Waals surface area contributed by atoms with Crippen molar-refractivity contribution in [1.29, 1.82) is 0 Å². The van der Waals surface area contributed by atoms with E-state index in [0.29, 0.717) is 31.1 Å². The van der Waals surface area contributed by atoms with E-state index in [0.717, 1.165) is 34.5 Å². The van der Waals surface area contributed by atoms with Gasteiger partial charge >= 0.3 is 0 Å². The van der Waals surface area contributed by atoms with Gasteiger partial charge < -0.3 is 19.7 Å². The van der Waals surface area contributed by atoms with Gasteiger partial charge in [-0.2, -0.15) is 5.10 Å². The van der Waals surface area contributed by atoms with E-state index >= 15 is 0 Å². The maximum absolute atomic E-state index is 13.0. The Morgan fingerprint density at radius 3 is 2.90 bits per heavy atom. The molecule has 1 aromatic heterocycles. The molecule has 162 valence electrons. The summed E-state index contributed by atoms with van der Waals surface area (Å²) in [6.45, 7) is 3.70. The SMILES string of the molecule is Cc1ccc2c(c1)CC(C(=O)Nc1ccc(-c3cn[nH]c3)cc1OCCN(C)C)CO2. The zero-order valence-electron chi connectivity index (χ0n) is 18.1. The summed E-state index contributed by atoms with van der Waals surface area (Å²) < 4.78 is 11.9.